The van der Waals surface area contributed by atoms with Gasteiger partial charge < -0.3 is 0 Å². The van der Waals surface area contributed by atoms with Crippen molar-refractivity contribution in [2.75, 3.05) is 54.4 Å². The Hall–Kier alpha value is -0.250. The van der Waals surface area contributed by atoms with Gasteiger partial charge in [-0.2, -0.15) is 8.42 Å². The molecule has 0 aromatic rings. The van der Waals surface area contributed by atoms with Gasteiger partial charge in [0.25, 0.3) is 15.0 Å². The third kappa shape index (κ3) is 5.30. The molecule has 184 valence electrons. The van der Waals surface area contributed by atoms with Crippen LogP contribution in [0.15, 0.2) is 0 Å². The fourth-order valence-electron chi connectivity index (χ4n) is 6.43. The lowest BCUT2D eigenvalue weighted by Gasteiger charge is -2.58. The standard InChI is InChI=1S/C23H49N4O3S/c1-6-7-8-9-10-11-12-13-14-15-16-17-22(31(28,29)30)23(25-19-18-24-22)26(2,3)20-21-27(23,4)5/h24-25H,6-21H2,1-5H3/q+1/p+1. The van der Waals surface area contributed by atoms with Crippen LogP contribution in [0.5, 0.6) is 0 Å². The van der Waals surface area contributed by atoms with Crippen LogP contribution in [0.4, 0.5) is 0 Å². The van der Waals surface area contributed by atoms with E-state index in [1.54, 1.807) is 0 Å². The zero-order chi connectivity index (χ0) is 23.2. The summed E-state index contributed by atoms with van der Waals surface area (Å²) in [5, 5.41) is 6.93. The Balaban J connectivity index is 1.99. The first-order chi connectivity index (χ1) is 14.5. The Bertz CT molecular complexity index is 650. The number of rotatable bonds is 13. The molecule has 8 heteroatoms. The van der Waals surface area contributed by atoms with Crippen LogP contribution in [0.1, 0.15) is 84.0 Å². The molecule has 0 bridgehead atoms. The molecule has 0 aromatic carbocycles. The molecule has 2 aliphatic rings. The molecule has 1 spiro atoms. The average molecular weight is 463 g/mol. The first kappa shape index (κ1) is 27.0. The van der Waals surface area contributed by atoms with Crippen LogP contribution in [0.2, 0.25) is 0 Å². The van der Waals surface area contributed by atoms with E-state index in [-0.39, 0.29) is 0 Å². The second kappa shape index (κ2) is 10.8. The van der Waals surface area contributed by atoms with Crippen molar-refractivity contribution < 1.29 is 21.9 Å². The molecule has 7 nitrogen and oxygen atoms in total. The molecule has 2 fully saturated rings. The number of unbranched alkanes of at least 4 members (excludes halogenated alkanes) is 10. The molecular weight excluding hydrogens is 412 g/mol. The van der Waals surface area contributed by atoms with Crippen molar-refractivity contribution in [2.45, 2.75) is 94.6 Å². The molecule has 3 N–H and O–H groups in total. The van der Waals surface area contributed by atoms with Gasteiger partial charge in [0.1, 0.15) is 13.1 Å². The second-order valence-corrected chi connectivity index (χ2v) is 12.6. The van der Waals surface area contributed by atoms with Crippen LogP contribution in [-0.4, -0.2) is 87.0 Å². The number of likely N-dealkylation sites (N-methyl/N-ethyl adjacent to an activating group) is 2. The van der Waals surface area contributed by atoms with Gasteiger partial charge >= 0.3 is 5.79 Å². The van der Waals surface area contributed by atoms with Gasteiger partial charge in [-0.25, -0.2) is 5.32 Å². The Morgan fingerprint density at radius 2 is 1.16 bits per heavy atom. The molecule has 1 unspecified atom stereocenters. The van der Waals surface area contributed by atoms with Gasteiger partial charge in [0.05, 0.1) is 28.2 Å². The lowest BCUT2D eigenvalue weighted by atomic mass is 9.93. The smallest absolute Gasteiger partial charge is 0.284 e. The summed E-state index contributed by atoms with van der Waals surface area (Å²) in [5.41, 5.74) is 0. The van der Waals surface area contributed by atoms with E-state index >= 15 is 0 Å². The zero-order valence-corrected chi connectivity index (χ0v) is 21.7. The fourth-order valence-corrected chi connectivity index (χ4v) is 8.04. The predicted octanol–water partition coefficient (Wildman–Crippen LogP) is 3.28. The van der Waals surface area contributed by atoms with Crippen LogP contribution >= 0.6 is 0 Å². The maximum atomic E-state index is 13.0. The van der Waals surface area contributed by atoms with Gasteiger partial charge in [-0.05, 0) is 12.8 Å². The number of nitrogens with one attached hydrogen (secondary N) is 2. The van der Waals surface area contributed by atoms with E-state index in [1.165, 1.54) is 51.4 Å². The van der Waals surface area contributed by atoms with Gasteiger partial charge in [0, 0.05) is 13.1 Å². The highest BCUT2D eigenvalue weighted by atomic mass is 32.2. The van der Waals surface area contributed by atoms with E-state index < -0.39 is 20.8 Å². The number of hydrogen-bond donors (Lipinski definition) is 3. The maximum absolute atomic E-state index is 13.0. The summed E-state index contributed by atoms with van der Waals surface area (Å²) in [6, 6.07) is 0. The molecule has 2 aliphatic heterocycles. The van der Waals surface area contributed by atoms with Crippen molar-refractivity contribution in [3.05, 3.63) is 0 Å². The third-order valence-corrected chi connectivity index (χ3v) is 9.53. The Kier molecular flexibility index (Phi) is 9.39. The fraction of sp³-hybridized carbons (Fsp3) is 1.00. The summed E-state index contributed by atoms with van der Waals surface area (Å²) < 4.78 is 37.6. The van der Waals surface area contributed by atoms with Crippen LogP contribution in [0, 0.1) is 0 Å². The van der Waals surface area contributed by atoms with E-state index in [9.17, 15) is 13.0 Å². The summed E-state index contributed by atoms with van der Waals surface area (Å²) >= 11 is 0. The molecule has 2 rings (SSSR count). The second-order valence-electron chi connectivity index (χ2n) is 10.9. The molecule has 0 saturated carbocycles. The summed E-state index contributed by atoms with van der Waals surface area (Å²) in [7, 11) is 4.02. The topological polar surface area (TPSA) is 78.4 Å². The minimum Gasteiger partial charge on any atom is -0.284 e. The van der Waals surface area contributed by atoms with Gasteiger partial charge in [-0.1, -0.05) is 71.1 Å². The Morgan fingerprint density at radius 1 is 0.742 bits per heavy atom. The SMILES string of the molecule is CCCCCCCCCCCCCC1(S(=O)(=O)O)NCCNC12[N+](C)(C)CC[N+]2(C)C. The van der Waals surface area contributed by atoms with Crippen LogP contribution in [0.3, 0.4) is 0 Å². The van der Waals surface area contributed by atoms with Crippen LogP contribution < -0.4 is 10.6 Å². The van der Waals surface area contributed by atoms with Gasteiger partial charge in [0.15, 0.2) is 0 Å². The average Bonchev–Trinajstić information content (AvgIpc) is 2.87. The van der Waals surface area contributed by atoms with Gasteiger partial charge in [0.2, 0.25) is 0 Å². The summed E-state index contributed by atoms with van der Waals surface area (Å²) in [5.74, 6) is -0.822. The molecule has 0 aliphatic carbocycles. The van der Waals surface area contributed by atoms with Crippen LogP contribution in [-0.2, 0) is 10.1 Å². The molecular formula is C23H50N4O3S+2. The minimum absolute atomic E-state index is 0.430. The van der Waals surface area contributed by atoms with E-state index in [2.05, 4.69) is 45.7 Å². The summed E-state index contributed by atoms with van der Waals surface area (Å²) in [6.07, 6.45) is 13.9. The van der Waals surface area contributed by atoms with E-state index in [0.717, 1.165) is 32.4 Å². The van der Waals surface area contributed by atoms with E-state index in [4.69, 9.17) is 0 Å². The minimum atomic E-state index is -4.34. The lowest BCUT2D eigenvalue weighted by molar-refractivity contribution is -1.10. The number of nitrogens with zero attached hydrogens (tertiary/aromatic N) is 2. The van der Waals surface area contributed by atoms with Crippen molar-refractivity contribution in [3.63, 3.8) is 0 Å². The molecule has 1 atom stereocenters. The molecule has 31 heavy (non-hydrogen) atoms. The van der Waals surface area contributed by atoms with E-state index in [1.807, 2.05) is 0 Å². The highest BCUT2D eigenvalue weighted by Crippen LogP contribution is 2.47. The molecule has 0 radical (unpaired) electrons. The zero-order valence-electron chi connectivity index (χ0n) is 20.9. The van der Waals surface area contributed by atoms with Gasteiger partial charge in [-0.15, -0.1) is 0 Å². The van der Waals surface area contributed by atoms with Crippen molar-refractivity contribution in [2.24, 2.45) is 0 Å². The number of hydrogen-bond acceptors (Lipinski definition) is 4. The first-order valence-electron chi connectivity index (χ1n) is 12.6. The van der Waals surface area contributed by atoms with Crippen molar-refractivity contribution >= 4 is 10.1 Å². The largest absolute Gasteiger partial charge is 0.321 e. The molecule has 2 heterocycles. The van der Waals surface area contributed by atoms with E-state index in [0.29, 0.717) is 28.5 Å². The predicted molar refractivity (Wildman–Crippen MR) is 128 cm³/mol. The molecule has 0 aromatic heterocycles. The quantitative estimate of drug-likeness (QED) is 0.222. The van der Waals surface area contributed by atoms with Crippen molar-refractivity contribution in [3.8, 4) is 0 Å². The first-order valence-corrected chi connectivity index (χ1v) is 14.0. The maximum Gasteiger partial charge on any atom is 0.321 e. The van der Waals surface area contributed by atoms with Gasteiger partial charge in [-0.3, -0.25) is 18.8 Å². The lowest BCUT2D eigenvalue weighted by Crippen LogP contribution is -2.91. The van der Waals surface area contributed by atoms with Crippen molar-refractivity contribution in [1.82, 2.24) is 10.6 Å². The highest BCUT2D eigenvalue weighted by molar-refractivity contribution is 7.87. The monoisotopic (exact) mass is 462 g/mol. The van der Waals surface area contributed by atoms with Crippen molar-refractivity contribution in [1.29, 1.82) is 0 Å². The number of quaternary nitrogens is 2. The normalized spacial score (nSPS) is 27.0. The third-order valence-electron chi connectivity index (χ3n) is 8.01. The number of piperazine rings is 1. The highest BCUT2D eigenvalue weighted by Gasteiger charge is 2.80. The summed E-state index contributed by atoms with van der Waals surface area (Å²) in [6.45, 7) is 5.20. The Morgan fingerprint density at radius 3 is 1.61 bits per heavy atom. The Labute approximate surface area is 191 Å². The summed E-state index contributed by atoms with van der Waals surface area (Å²) in [4.78, 5) is -1.39. The molecule has 2 saturated heterocycles. The van der Waals surface area contributed by atoms with Crippen LogP contribution in [0.25, 0.3) is 0 Å². The molecule has 0 amide bonds.